The smallest absolute Gasteiger partial charge is 0.333 e. The molecule has 0 fully saturated rings. The third-order valence-electron chi connectivity index (χ3n) is 7.51. The Bertz CT molecular complexity index is 1320. The Morgan fingerprint density at radius 1 is 0.692 bits per heavy atom. The number of rotatable bonds is 12. The van der Waals surface area contributed by atoms with Crippen LogP contribution in [-0.2, 0) is 37.3 Å². The fraction of sp³-hybridized carbons (Fsp3) is 0.314. The van der Waals surface area contributed by atoms with Crippen LogP contribution < -0.4 is 0 Å². The first kappa shape index (κ1) is 28.1. The van der Waals surface area contributed by atoms with Crippen LogP contribution >= 0.6 is 0 Å². The lowest BCUT2D eigenvalue weighted by molar-refractivity contribution is -0.139. The molecular weight excluding hydrogens is 484 g/mol. The summed E-state index contributed by atoms with van der Waals surface area (Å²) < 4.78 is 10.8. The molecule has 202 valence electrons. The number of hydrogen-bond donors (Lipinski definition) is 0. The van der Waals surface area contributed by atoms with E-state index in [4.69, 9.17) is 9.47 Å². The fourth-order valence-corrected chi connectivity index (χ4v) is 5.71. The molecule has 39 heavy (non-hydrogen) atoms. The van der Waals surface area contributed by atoms with Crippen LogP contribution in [0.25, 0.3) is 0 Å². The predicted octanol–water partition coefficient (Wildman–Crippen LogP) is 7.27. The van der Waals surface area contributed by atoms with Crippen molar-refractivity contribution < 1.29 is 19.1 Å². The first-order chi connectivity index (χ1) is 18.8. The van der Waals surface area contributed by atoms with Gasteiger partial charge in [0.05, 0.1) is 13.2 Å². The minimum Gasteiger partial charge on any atom is -0.462 e. The molecule has 0 saturated carbocycles. The van der Waals surface area contributed by atoms with Gasteiger partial charge < -0.3 is 9.47 Å². The first-order valence-electron chi connectivity index (χ1n) is 13.7. The van der Waals surface area contributed by atoms with E-state index >= 15 is 0 Å². The van der Waals surface area contributed by atoms with Crippen molar-refractivity contribution >= 4 is 11.9 Å². The molecule has 0 aliphatic heterocycles. The molecule has 0 amide bonds. The number of carbonyl (C=O) groups excluding carboxylic acids is 2. The minimum atomic E-state index is -0.371. The molecule has 0 N–H and O–H groups in total. The molecule has 0 saturated heterocycles. The monoisotopic (exact) mass is 522 g/mol. The van der Waals surface area contributed by atoms with Gasteiger partial charge in [0.1, 0.15) is 0 Å². The average molecular weight is 523 g/mol. The summed E-state index contributed by atoms with van der Waals surface area (Å²) in [6, 6.07) is 26.2. The van der Waals surface area contributed by atoms with E-state index in [2.05, 4.69) is 86.0 Å². The molecule has 1 aliphatic rings. The molecule has 4 nitrogen and oxygen atoms in total. The molecule has 4 heteroatoms. The van der Waals surface area contributed by atoms with Gasteiger partial charge in [-0.15, -0.1) is 0 Å². The van der Waals surface area contributed by atoms with E-state index in [9.17, 15) is 9.59 Å². The van der Waals surface area contributed by atoms with Crippen LogP contribution in [0.5, 0.6) is 0 Å². The number of unbranched alkanes of at least 4 members (excludes halogenated alkanes) is 1. The Kier molecular flexibility index (Phi) is 9.19. The van der Waals surface area contributed by atoms with Crippen LogP contribution in [0.2, 0.25) is 0 Å². The summed E-state index contributed by atoms with van der Waals surface area (Å²) in [6.45, 7) is 11.4. The number of fused-ring (bicyclic) bond motifs is 2. The third kappa shape index (κ3) is 6.22. The van der Waals surface area contributed by atoms with Gasteiger partial charge in [-0.3, -0.25) is 0 Å². The van der Waals surface area contributed by atoms with E-state index in [-0.39, 0.29) is 17.4 Å². The van der Waals surface area contributed by atoms with E-state index < -0.39 is 0 Å². The summed E-state index contributed by atoms with van der Waals surface area (Å²) in [4.78, 5) is 23.8. The lowest BCUT2D eigenvalue weighted by atomic mass is 9.60. The van der Waals surface area contributed by atoms with Gasteiger partial charge in [0.25, 0.3) is 0 Å². The lowest BCUT2D eigenvalue weighted by Gasteiger charge is -2.43. The molecule has 1 aliphatic carbocycles. The molecule has 0 heterocycles. The van der Waals surface area contributed by atoms with Crippen molar-refractivity contribution in [3.63, 3.8) is 0 Å². The van der Waals surface area contributed by atoms with E-state index in [0.717, 1.165) is 32.1 Å². The highest BCUT2D eigenvalue weighted by Crippen LogP contribution is 2.50. The molecular formula is C35H38O4. The molecule has 4 rings (SSSR count). The summed E-state index contributed by atoms with van der Waals surface area (Å²) in [5.74, 6) is -0.682. The van der Waals surface area contributed by atoms with Crippen molar-refractivity contribution in [2.45, 2.75) is 57.8 Å². The zero-order valence-corrected chi connectivity index (χ0v) is 23.1. The van der Waals surface area contributed by atoms with E-state index in [1.807, 2.05) is 0 Å². The van der Waals surface area contributed by atoms with Gasteiger partial charge in [-0.2, -0.15) is 0 Å². The van der Waals surface area contributed by atoms with Gasteiger partial charge in [-0.1, -0.05) is 86.0 Å². The Hall–Kier alpha value is -3.92. The van der Waals surface area contributed by atoms with Gasteiger partial charge in [0.15, 0.2) is 0 Å². The Balaban J connectivity index is 1.69. The molecule has 3 aromatic carbocycles. The van der Waals surface area contributed by atoms with Crippen LogP contribution in [-0.4, -0.2) is 25.2 Å². The summed E-state index contributed by atoms with van der Waals surface area (Å²) in [7, 11) is 0. The second kappa shape index (κ2) is 12.8. The van der Waals surface area contributed by atoms with Gasteiger partial charge in [-0.25, -0.2) is 9.59 Å². The van der Waals surface area contributed by atoms with Gasteiger partial charge >= 0.3 is 11.9 Å². The molecule has 0 bridgehead atoms. The Morgan fingerprint density at radius 3 is 1.74 bits per heavy atom. The predicted molar refractivity (Wildman–Crippen MR) is 156 cm³/mol. The van der Waals surface area contributed by atoms with Crippen LogP contribution in [0, 0.1) is 0 Å². The molecule has 0 atom stereocenters. The number of ether oxygens (including phenoxy) is 2. The molecule has 0 spiro atoms. The largest absolute Gasteiger partial charge is 0.462 e. The van der Waals surface area contributed by atoms with Crippen molar-refractivity contribution in [1.82, 2.24) is 0 Å². The van der Waals surface area contributed by atoms with E-state index in [1.54, 1.807) is 13.8 Å². The van der Waals surface area contributed by atoms with Crippen molar-refractivity contribution in [3.8, 4) is 0 Å². The third-order valence-corrected chi connectivity index (χ3v) is 7.51. The van der Waals surface area contributed by atoms with Crippen molar-refractivity contribution in [3.05, 3.63) is 130 Å². The number of benzene rings is 3. The summed E-state index contributed by atoms with van der Waals surface area (Å²) in [5.41, 5.74) is 8.33. The van der Waals surface area contributed by atoms with Crippen LogP contribution in [0.15, 0.2) is 97.1 Å². The second-order valence-electron chi connectivity index (χ2n) is 10.4. The van der Waals surface area contributed by atoms with Crippen molar-refractivity contribution in [2.75, 3.05) is 13.2 Å². The summed E-state index contributed by atoms with van der Waals surface area (Å²) in [6.07, 6.45) is 4.97. The zero-order chi connectivity index (χ0) is 27.8. The van der Waals surface area contributed by atoms with Gasteiger partial charge in [0, 0.05) is 16.6 Å². The topological polar surface area (TPSA) is 52.6 Å². The Morgan fingerprint density at radius 2 is 1.18 bits per heavy atom. The number of carbonyl (C=O) groups is 2. The normalized spacial score (nSPS) is 13.1. The minimum absolute atomic E-state index is 0.336. The molecule has 3 aromatic rings. The number of aryl methyl sites for hydroxylation is 1. The van der Waals surface area contributed by atoms with Crippen molar-refractivity contribution in [2.24, 2.45) is 0 Å². The highest BCUT2D eigenvalue weighted by Gasteiger charge is 2.42. The van der Waals surface area contributed by atoms with Gasteiger partial charge in [0.2, 0.25) is 0 Å². The maximum atomic E-state index is 12.1. The van der Waals surface area contributed by atoms with E-state index in [1.165, 1.54) is 33.4 Å². The maximum Gasteiger partial charge on any atom is 0.333 e. The summed E-state index contributed by atoms with van der Waals surface area (Å²) >= 11 is 0. The molecule has 0 aromatic heterocycles. The Labute approximate surface area is 232 Å². The fourth-order valence-electron chi connectivity index (χ4n) is 5.71. The van der Waals surface area contributed by atoms with Crippen molar-refractivity contribution in [1.29, 1.82) is 0 Å². The number of hydrogen-bond acceptors (Lipinski definition) is 4. The second-order valence-corrected chi connectivity index (χ2v) is 10.4. The lowest BCUT2D eigenvalue weighted by Crippen LogP contribution is -2.36. The highest BCUT2D eigenvalue weighted by molar-refractivity contribution is 5.87. The van der Waals surface area contributed by atoms with Crippen LogP contribution in [0.4, 0.5) is 0 Å². The van der Waals surface area contributed by atoms with Gasteiger partial charge in [-0.05, 0) is 85.8 Å². The maximum absolute atomic E-state index is 12.1. The van der Waals surface area contributed by atoms with E-state index in [0.29, 0.717) is 30.8 Å². The highest BCUT2D eigenvalue weighted by atomic mass is 16.5. The summed E-state index contributed by atoms with van der Waals surface area (Å²) in [5, 5.41) is 0. The molecule has 0 radical (unpaired) electrons. The number of esters is 2. The molecule has 0 unspecified atom stereocenters. The average Bonchev–Trinajstić information content (AvgIpc) is 2.94. The van der Waals surface area contributed by atoms with Crippen LogP contribution in [0.1, 0.15) is 72.9 Å². The zero-order valence-electron chi connectivity index (χ0n) is 23.1. The van der Waals surface area contributed by atoms with Crippen LogP contribution in [0.3, 0.4) is 0 Å². The first-order valence-corrected chi connectivity index (χ1v) is 13.7. The SMILES string of the molecule is C=C(C)C(=O)OCCCCc1ccccc1C1(CCCOC(=O)C(=C)C)c2ccccc2Cc2ccccc21. The quantitative estimate of drug-likeness (QED) is 0.143. The standard InChI is InChI=1S/C35H38O4/c1-25(2)33(36)38-22-12-11-15-27-14-5-8-18-30(27)35(21-13-23-39-34(37)26(3)4)31-19-9-6-16-28(31)24-29-17-7-10-20-32(29)35/h5-10,14,16-20H,1,3,11-13,15,21-24H2,2,4H3.